The number of benzene rings is 1. The molecule has 0 N–H and O–H groups in total. The van der Waals surface area contributed by atoms with Gasteiger partial charge in [0.05, 0.1) is 0 Å². The summed E-state index contributed by atoms with van der Waals surface area (Å²) in [5.74, 6) is 0. The molecule has 94 valence electrons. The second kappa shape index (κ2) is 5.21. The third-order valence-corrected chi connectivity index (χ3v) is 3.51. The first-order valence-electron chi connectivity index (χ1n) is 6.35. The number of aldehydes is 1. The molecule has 0 saturated heterocycles. The third-order valence-electron chi connectivity index (χ3n) is 3.51. The van der Waals surface area contributed by atoms with Gasteiger partial charge in [-0.05, 0) is 37.5 Å². The van der Waals surface area contributed by atoms with Crippen molar-refractivity contribution in [3.63, 3.8) is 0 Å². The lowest BCUT2D eigenvalue weighted by atomic mass is 10.1. The molecule has 0 aliphatic carbocycles. The summed E-state index contributed by atoms with van der Waals surface area (Å²) >= 11 is 0. The van der Waals surface area contributed by atoms with Gasteiger partial charge >= 0.3 is 0 Å². The molecule has 1 heterocycles. The maximum Gasteiger partial charge on any atom is 0.151 e. The molecule has 2 aromatic rings. The first-order valence-corrected chi connectivity index (χ1v) is 6.35. The molecule has 0 unspecified atom stereocenters. The van der Waals surface area contributed by atoms with Crippen LogP contribution in [-0.2, 0) is 13.0 Å². The van der Waals surface area contributed by atoms with Crippen LogP contribution in [0.25, 0.3) is 0 Å². The van der Waals surface area contributed by atoms with Crippen molar-refractivity contribution in [1.29, 1.82) is 0 Å². The van der Waals surface area contributed by atoms with E-state index in [0.29, 0.717) is 0 Å². The van der Waals surface area contributed by atoms with E-state index in [2.05, 4.69) is 35.8 Å². The molecule has 0 aliphatic rings. The van der Waals surface area contributed by atoms with Gasteiger partial charge in [0.25, 0.3) is 0 Å². The van der Waals surface area contributed by atoms with E-state index < -0.39 is 0 Å². The van der Waals surface area contributed by atoms with Gasteiger partial charge in [-0.2, -0.15) is 0 Å². The number of carbonyl (C=O) groups excluding carboxylic acids is 1. The van der Waals surface area contributed by atoms with E-state index in [0.717, 1.165) is 36.2 Å². The molecule has 1 aromatic heterocycles. The second-order valence-corrected chi connectivity index (χ2v) is 4.70. The maximum absolute atomic E-state index is 10.9. The molecule has 0 saturated carbocycles. The van der Waals surface area contributed by atoms with E-state index in [9.17, 15) is 4.79 Å². The summed E-state index contributed by atoms with van der Waals surface area (Å²) in [5.41, 5.74) is 5.59. The molecule has 0 radical (unpaired) electrons. The van der Waals surface area contributed by atoms with Gasteiger partial charge in [-0.25, -0.2) is 0 Å². The topological polar surface area (TPSA) is 22.0 Å². The molecule has 2 nitrogen and oxygen atoms in total. The highest BCUT2D eigenvalue weighted by atomic mass is 16.1. The number of aromatic nitrogens is 1. The zero-order valence-corrected chi connectivity index (χ0v) is 11.2. The maximum atomic E-state index is 10.9. The molecule has 0 spiro atoms. The van der Waals surface area contributed by atoms with Gasteiger partial charge in [0, 0.05) is 23.5 Å². The minimum atomic E-state index is 0.790. The Morgan fingerprint density at radius 1 is 1.11 bits per heavy atom. The molecular formula is C16H19NO. The molecule has 1 aromatic carbocycles. The van der Waals surface area contributed by atoms with E-state index in [4.69, 9.17) is 0 Å². The summed E-state index contributed by atoms with van der Waals surface area (Å²) in [6.07, 6.45) is 2.00. The van der Waals surface area contributed by atoms with Crippen LogP contribution < -0.4 is 0 Å². The van der Waals surface area contributed by atoms with Crippen LogP contribution in [0.2, 0.25) is 0 Å². The predicted molar refractivity (Wildman–Crippen MR) is 74.2 cm³/mol. The quantitative estimate of drug-likeness (QED) is 0.751. The number of rotatable bonds is 4. The average molecular weight is 241 g/mol. The number of hydrogen-bond acceptors (Lipinski definition) is 1. The Balaban J connectivity index is 2.27. The van der Waals surface area contributed by atoms with E-state index in [1.807, 2.05) is 19.9 Å². The van der Waals surface area contributed by atoms with Gasteiger partial charge in [-0.1, -0.05) is 31.2 Å². The SMILES string of the molecule is CCc1ccc(Cn2c(C)cc(C=O)c2C)cc1. The molecule has 0 bridgehead atoms. The van der Waals surface area contributed by atoms with Crippen molar-refractivity contribution in [3.05, 3.63) is 58.4 Å². The minimum Gasteiger partial charge on any atom is -0.344 e. The first kappa shape index (κ1) is 12.6. The van der Waals surface area contributed by atoms with E-state index in [1.165, 1.54) is 11.1 Å². The fourth-order valence-electron chi connectivity index (χ4n) is 2.25. The van der Waals surface area contributed by atoms with Crippen molar-refractivity contribution in [2.24, 2.45) is 0 Å². The van der Waals surface area contributed by atoms with Gasteiger partial charge in [0.1, 0.15) is 0 Å². The summed E-state index contributed by atoms with van der Waals surface area (Å²) in [5, 5.41) is 0. The normalized spacial score (nSPS) is 10.6. The summed E-state index contributed by atoms with van der Waals surface area (Å²) in [6.45, 7) is 7.03. The summed E-state index contributed by atoms with van der Waals surface area (Å²) in [6, 6.07) is 10.6. The minimum absolute atomic E-state index is 0.790. The van der Waals surface area contributed by atoms with Crippen molar-refractivity contribution in [2.45, 2.75) is 33.7 Å². The van der Waals surface area contributed by atoms with Crippen molar-refractivity contribution in [3.8, 4) is 0 Å². The lowest BCUT2D eigenvalue weighted by molar-refractivity contribution is 0.112. The number of carbonyl (C=O) groups is 1. The predicted octanol–water partition coefficient (Wildman–Crippen LogP) is 3.53. The van der Waals surface area contributed by atoms with Crippen LogP contribution in [-0.4, -0.2) is 10.9 Å². The highest BCUT2D eigenvalue weighted by Crippen LogP contribution is 2.16. The molecular weight excluding hydrogens is 222 g/mol. The van der Waals surface area contributed by atoms with Crippen LogP contribution >= 0.6 is 0 Å². The van der Waals surface area contributed by atoms with E-state index in [1.54, 1.807) is 0 Å². The Morgan fingerprint density at radius 3 is 2.22 bits per heavy atom. The molecule has 18 heavy (non-hydrogen) atoms. The largest absolute Gasteiger partial charge is 0.344 e. The van der Waals surface area contributed by atoms with Crippen LogP contribution in [0.15, 0.2) is 30.3 Å². The van der Waals surface area contributed by atoms with Gasteiger partial charge in [-0.3, -0.25) is 4.79 Å². The monoisotopic (exact) mass is 241 g/mol. The second-order valence-electron chi connectivity index (χ2n) is 4.70. The van der Waals surface area contributed by atoms with Crippen LogP contribution in [0.4, 0.5) is 0 Å². The van der Waals surface area contributed by atoms with E-state index in [-0.39, 0.29) is 0 Å². The number of hydrogen-bond donors (Lipinski definition) is 0. The highest BCUT2D eigenvalue weighted by Gasteiger charge is 2.08. The van der Waals surface area contributed by atoms with Crippen molar-refractivity contribution >= 4 is 6.29 Å². The zero-order chi connectivity index (χ0) is 13.1. The van der Waals surface area contributed by atoms with Crippen LogP contribution in [0.5, 0.6) is 0 Å². The summed E-state index contributed by atoms with van der Waals surface area (Å²) in [4.78, 5) is 10.9. The zero-order valence-electron chi connectivity index (χ0n) is 11.2. The van der Waals surface area contributed by atoms with Gasteiger partial charge in [-0.15, -0.1) is 0 Å². The Kier molecular flexibility index (Phi) is 3.66. The lowest BCUT2D eigenvalue weighted by Gasteiger charge is -2.10. The van der Waals surface area contributed by atoms with Crippen molar-refractivity contribution < 1.29 is 4.79 Å². The summed E-state index contributed by atoms with van der Waals surface area (Å²) < 4.78 is 2.19. The van der Waals surface area contributed by atoms with Crippen LogP contribution in [0, 0.1) is 13.8 Å². The highest BCUT2D eigenvalue weighted by molar-refractivity contribution is 5.77. The average Bonchev–Trinajstić information content (AvgIpc) is 2.67. The van der Waals surface area contributed by atoms with Gasteiger partial charge in [0.2, 0.25) is 0 Å². The Bertz CT molecular complexity index is 549. The number of aryl methyl sites for hydroxylation is 2. The van der Waals surface area contributed by atoms with Gasteiger partial charge < -0.3 is 4.57 Å². The first-order chi connectivity index (χ1) is 8.65. The smallest absolute Gasteiger partial charge is 0.151 e. The molecule has 0 fully saturated rings. The fraction of sp³-hybridized carbons (Fsp3) is 0.312. The standard InChI is InChI=1S/C16H19NO/c1-4-14-5-7-15(8-6-14)10-17-12(2)9-16(11-18)13(17)3/h5-9,11H,4,10H2,1-3H3. The fourth-order valence-corrected chi connectivity index (χ4v) is 2.25. The van der Waals surface area contributed by atoms with Crippen molar-refractivity contribution in [1.82, 2.24) is 4.57 Å². The molecule has 2 heteroatoms. The Labute approximate surface area is 108 Å². The lowest BCUT2D eigenvalue weighted by Crippen LogP contribution is -2.04. The number of nitrogens with zero attached hydrogens (tertiary/aromatic N) is 1. The third kappa shape index (κ3) is 2.37. The Morgan fingerprint density at radius 2 is 1.72 bits per heavy atom. The molecule has 2 rings (SSSR count). The van der Waals surface area contributed by atoms with Crippen molar-refractivity contribution in [2.75, 3.05) is 0 Å². The summed E-state index contributed by atoms with van der Waals surface area (Å²) in [7, 11) is 0. The van der Waals surface area contributed by atoms with E-state index >= 15 is 0 Å². The van der Waals surface area contributed by atoms with Crippen LogP contribution in [0.3, 0.4) is 0 Å². The molecule has 0 amide bonds. The Hall–Kier alpha value is -1.83. The molecule has 0 aliphatic heterocycles. The van der Waals surface area contributed by atoms with Crippen LogP contribution in [0.1, 0.15) is 39.8 Å². The molecule has 0 atom stereocenters. The van der Waals surface area contributed by atoms with Gasteiger partial charge in [0.15, 0.2) is 6.29 Å².